The van der Waals surface area contributed by atoms with Crippen molar-refractivity contribution in [1.29, 1.82) is 0 Å². The van der Waals surface area contributed by atoms with E-state index in [2.05, 4.69) is 15.0 Å². The number of nitrogen functional groups attached to an aromatic ring is 1. The topological polar surface area (TPSA) is 122 Å². The van der Waals surface area contributed by atoms with Gasteiger partial charge in [0.2, 0.25) is 5.95 Å². The SMILES string of the molecule is Nc1nc(Sc2ccc([N+](=O)[O-])cc2)c2ncn(CC3(O[C](CC(F)(F)F)CC(F)(F)F)CC3)c2n1. The molecular formula is C20H17F6N6O3S. The number of imidazole rings is 1. The number of hydrogen-bond donors (Lipinski definition) is 1. The normalized spacial score (nSPS) is 15.5. The van der Waals surface area contributed by atoms with E-state index in [1.165, 1.54) is 35.2 Å². The number of nitrogens with zero attached hydrogens (tertiary/aromatic N) is 5. The number of nitrogens with two attached hydrogens (primary N) is 1. The number of alkyl halides is 6. The van der Waals surface area contributed by atoms with Gasteiger partial charge in [-0.25, -0.2) is 9.97 Å². The molecule has 16 heteroatoms. The predicted octanol–water partition coefficient (Wildman–Crippen LogP) is 5.45. The molecule has 0 unspecified atom stereocenters. The van der Waals surface area contributed by atoms with Gasteiger partial charge in [0.25, 0.3) is 5.69 Å². The first-order valence-corrected chi connectivity index (χ1v) is 11.1. The Morgan fingerprint density at radius 3 is 2.25 bits per heavy atom. The molecule has 36 heavy (non-hydrogen) atoms. The van der Waals surface area contributed by atoms with Crippen molar-refractivity contribution in [3.8, 4) is 0 Å². The Hall–Kier alpha value is -3.14. The number of fused-ring (bicyclic) bond motifs is 1. The summed E-state index contributed by atoms with van der Waals surface area (Å²) in [5.74, 6) is -0.138. The van der Waals surface area contributed by atoms with E-state index in [9.17, 15) is 36.5 Å². The van der Waals surface area contributed by atoms with E-state index in [0.29, 0.717) is 9.92 Å². The lowest BCUT2D eigenvalue weighted by Crippen LogP contribution is -2.29. The van der Waals surface area contributed by atoms with E-state index in [0.717, 1.165) is 11.8 Å². The number of benzene rings is 1. The van der Waals surface area contributed by atoms with Gasteiger partial charge in [-0.2, -0.15) is 31.3 Å². The Morgan fingerprint density at radius 1 is 1.11 bits per heavy atom. The van der Waals surface area contributed by atoms with Gasteiger partial charge in [0.05, 0.1) is 36.2 Å². The van der Waals surface area contributed by atoms with E-state index in [-0.39, 0.29) is 42.2 Å². The molecule has 193 valence electrons. The summed E-state index contributed by atoms with van der Waals surface area (Å²) in [7, 11) is 0. The Morgan fingerprint density at radius 2 is 1.72 bits per heavy atom. The maximum atomic E-state index is 12.8. The molecule has 0 saturated heterocycles. The molecule has 2 N–H and O–H groups in total. The quantitative estimate of drug-likeness (QED) is 0.166. The fraction of sp³-hybridized carbons (Fsp3) is 0.400. The molecule has 1 radical (unpaired) electrons. The summed E-state index contributed by atoms with van der Waals surface area (Å²) in [6.07, 6.45) is -12.6. The smallest absolute Gasteiger partial charge is 0.368 e. The molecule has 1 aromatic carbocycles. The average molecular weight is 535 g/mol. The van der Waals surface area contributed by atoms with E-state index in [1.54, 1.807) is 0 Å². The van der Waals surface area contributed by atoms with Crippen LogP contribution in [0.15, 0.2) is 40.5 Å². The molecule has 0 aliphatic heterocycles. The number of hydrogen-bond acceptors (Lipinski definition) is 8. The van der Waals surface area contributed by atoms with Gasteiger partial charge in [-0.1, -0.05) is 11.8 Å². The second kappa shape index (κ2) is 9.38. The molecule has 3 aromatic rings. The molecule has 0 amide bonds. The number of ether oxygens (including phenoxy) is 1. The third kappa shape index (κ3) is 6.54. The van der Waals surface area contributed by atoms with Crippen molar-refractivity contribution >= 4 is 34.6 Å². The molecule has 9 nitrogen and oxygen atoms in total. The van der Waals surface area contributed by atoms with Gasteiger partial charge in [-0.3, -0.25) is 10.1 Å². The molecule has 4 rings (SSSR count). The lowest BCUT2D eigenvalue weighted by atomic mass is 10.1. The zero-order chi connectivity index (χ0) is 26.3. The standard InChI is InChI=1S/C20H17F6N6O3S/c21-19(22,23)7-12(8-20(24,25)26)35-18(5-6-18)9-31-10-28-14-15(31)29-17(27)30-16(14)36-13-3-1-11(2-4-13)32(33)34/h1-4,10H,5-9H2,(H2,27,29,30). The maximum Gasteiger partial charge on any atom is 0.391 e. The Labute approximate surface area is 203 Å². The van der Waals surface area contributed by atoms with E-state index in [4.69, 9.17) is 10.5 Å². The number of nitro benzene ring substituents is 1. The summed E-state index contributed by atoms with van der Waals surface area (Å²) in [5.41, 5.74) is 4.97. The molecule has 1 aliphatic rings. The molecule has 2 heterocycles. The van der Waals surface area contributed by atoms with Crippen molar-refractivity contribution in [2.75, 3.05) is 5.73 Å². The van der Waals surface area contributed by atoms with Crippen molar-refractivity contribution in [1.82, 2.24) is 19.5 Å². The van der Waals surface area contributed by atoms with Crippen LogP contribution in [0.3, 0.4) is 0 Å². The third-order valence-corrected chi connectivity index (χ3v) is 6.12. The van der Waals surface area contributed by atoms with Gasteiger partial charge >= 0.3 is 12.4 Å². The Bertz CT molecular complexity index is 1240. The predicted molar refractivity (Wildman–Crippen MR) is 115 cm³/mol. The van der Waals surface area contributed by atoms with Gasteiger partial charge in [0, 0.05) is 17.0 Å². The summed E-state index contributed by atoms with van der Waals surface area (Å²) in [4.78, 5) is 23.4. The van der Waals surface area contributed by atoms with Crippen LogP contribution in [0.1, 0.15) is 25.7 Å². The number of non-ortho nitro benzene ring substituents is 1. The molecular weight excluding hydrogens is 518 g/mol. The number of aromatic nitrogens is 4. The van der Waals surface area contributed by atoms with Gasteiger partial charge in [0.15, 0.2) is 5.65 Å². The first-order chi connectivity index (χ1) is 16.7. The monoisotopic (exact) mass is 535 g/mol. The fourth-order valence-corrected chi connectivity index (χ4v) is 4.37. The van der Waals surface area contributed by atoms with Crippen molar-refractivity contribution in [3.05, 3.63) is 46.8 Å². The summed E-state index contributed by atoms with van der Waals surface area (Å²) in [6, 6.07) is 5.64. The highest BCUT2D eigenvalue weighted by Crippen LogP contribution is 2.47. The molecule has 0 atom stereocenters. The third-order valence-electron chi connectivity index (χ3n) is 5.13. The lowest BCUT2D eigenvalue weighted by Gasteiger charge is -2.26. The van der Waals surface area contributed by atoms with Crippen LogP contribution in [0.4, 0.5) is 38.0 Å². The van der Waals surface area contributed by atoms with Crippen LogP contribution >= 0.6 is 11.8 Å². The van der Waals surface area contributed by atoms with Gasteiger partial charge in [0.1, 0.15) is 16.6 Å². The van der Waals surface area contributed by atoms with Crippen LogP contribution in [-0.4, -0.2) is 42.4 Å². The Kier molecular flexibility index (Phi) is 6.76. The van der Waals surface area contributed by atoms with Crippen LogP contribution in [0.2, 0.25) is 0 Å². The second-order valence-electron chi connectivity index (χ2n) is 8.19. The van der Waals surface area contributed by atoms with Crippen LogP contribution in [-0.2, 0) is 11.3 Å². The molecule has 1 saturated carbocycles. The Balaban J connectivity index is 1.56. The van der Waals surface area contributed by atoms with E-state index >= 15 is 0 Å². The fourth-order valence-electron chi connectivity index (χ4n) is 3.50. The van der Waals surface area contributed by atoms with Crippen LogP contribution in [0.5, 0.6) is 0 Å². The first-order valence-electron chi connectivity index (χ1n) is 10.3. The van der Waals surface area contributed by atoms with Crippen LogP contribution in [0.25, 0.3) is 11.2 Å². The maximum absolute atomic E-state index is 12.8. The van der Waals surface area contributed by atoms with Crippen LogP contribution < -0.4 is 5.73 Å². The highest BCUT2D eigenvalue weighted by molar-refractivity contribution is 7.99. The second-order valence-corrected chi connectivity index (χ2v) is 9.25. The van der Waals surface area contributed by atoms with E-state index in [1.807, 2.05) is 0 Å². The molecule has 0 bridgehead atoms. The molecule has 1 fully saturated rings. The lowest BCUT2D eigenvalue weighted by molar-refractivity contribution is -0.384. The molecule has 2 aromatic heterocycles. The average Bonchev–Trinajstić information content (AvgIpc) is 3.36. The summed E-state index contributed by atoms with van der Waals surface area (Å²) < 4.78 is 83.8. The number of nitro groups is 1. The summed E-state index contributed by atoms with van der Waals surface area (Å²) >= 11 is 1.11. The van der Waals surface area contributed by atoms with Crippen molar-refractivity contribution in [3.63, 3.8) is 0 Å². The first kappa shape index (κ1) is 25.9. The number of rotatable bonds is 9. The van der Waals surface area contributed by atoms with Gasteiger partial charge < -0.3 is 15.0 Å². The zero-order valence-corrected chi connectivity index (χ0v) is 19.0. The summed E-state index contributed by atoms with van der Waals surface area (Å²) in [6.45, 7) is -0.0964. The van der Waals surface area contributed by atoms with Gasteiger partial charge in [-0.15, -0.1) is 0 Å². The van der Waals surface area contributed by atoms with Crippen LogP contribution in [0, 0.1) is 16.2 Å². The van der Waals surface area contributed by atoms with Crippen molar-refractivity contribution < 1.29 is 36.0 Å². The van der Waals surface area contributed by atoms with Crippen molar-refractivity contribution in [2.24, 2.45) is 0 Å². The van der Waals surface area contributed by atoms with Gasteiger partial charge in [-0.05, 0) is 25.0 Å². The van der Waals surface area contributed by atoms with Crippen molar-refractivity contribution in [2.45, 2.75) is 60.1 Å². The highest BCUT2D eigenvalue weighted by Gasteiger charge is 2.50. The summed E-state index contributed by atoms with van der Waals surface area (Å²) in [5, 5.41) is 11.2. The number of anilines is 1. The van der Waals surface area contributed by atoms with E-state index < -0.39 is 41.8 Å². The molecule has 1 aliphatic carbocycles. The molecule has 0 spiro atoms. The number of halogens is 6. The zero-order valence-electron chi connectivity index (χ0n) is 18.1. The minimum atomic E-state index is -4.86. The minimum absolute atomic E-state index is 0.0964. The minimum Gasteiger partial charge on any atom is -0.368 e. The highest BCUT2D eigenvalue weighted by atomic mass is 32.2. The largest absolute Gasteiger partial charge is 0.391 e.